The third kappa shape index (κ3) is 5.51. The van der Waals surface area contributed by atoms with Crippen LogP contribution in [0.3, 0.4) is 0 Å². The molecular weight excluding hydrogens is 452 g/mol. The largest absolute Gasteiger partial charge is 0.493 e. The molecule has 0 saturated heterocycles. The molecule has 3 aromatic carbocycles. The van der Waals surface area contributed by atoms with Crippen LogP contribution in [0.4, 0.5) is 5.69 Å². The molecule has 0 radical (unpaired) electrons. The van der Waals surface area contributed by atoms with Crippen molar-refractivity contribution in [3.05, 3.63) is 83.4 Å². The number of nitrogens with zero attached hydrogens (tertiary/aromatic N) is 2. The van der Waals surface area contributed by atoms with E-state index < -0.39 is 10.0 Å². The molecule has 180 valence electrons. The van der Waals surface area contributed by atoms with E-state index in [4.69, 9.17) is 9.47 Å². The Balaban J connectivity index is 1.74. The molecule has 3 aromatic rings. The SMILES string of the molecule is COc1ccc(CCN(C)C(=O)c2cccc(S(=O)(=O)N(C)c3ccc(C)cc3)c2)cc1OC. The zero-order valence-corrected chi connectivity index (χ0v) is 20.9. The maximum atomic E-state index is 13.2. The fourth-order valence-corrected chi connectivity index (χ4v) is 4.74. The van der Waals surface area contributed by atoms with E-state index in [2.05, 4.69) is 0 Å². The van der Waals surface area contributed by atoms with Gasteiger partial charge < -0.3 is 14.4 Å². The number of aryl methyl sites for hydroxylation is 1. The predicted octanol–water partition coefficient (Wildman–Crippen LogP) is 4.15. The predicted molar refractivity (Wildman–Crippen MR) is 133 cm³/mol. The molecule has 0 aliphatic carbocycles. The number of methoxy groups -OCH3 is 2. The Morgan fingerprint density at radius 3 is 2.21 bits per heavy atom. The molecule has 0 fully saturated rings. The molecule has 1 amide bonds. The van der Waals surface area contributed by atoms with Crippen molar-refractivity contribution in [1.82, 2.24) is 4.90 Å². The van der Waals surface area contributed by atoms with Crippen molar-refractivity contribution in [1.29, 1.82) is 0 Å². The molecule has 0 heterocycles. The van der Waals surface area contributed by atoms with Crippen molar-refractivity contribution < 1.29 is 22.7 Å². The van der Waals surface area contributed by atoms with Crippen LogP contribution in [0.5, 0.6) is 11.5 Å². The van der Waals surface area contributed by atoms with Crippen molar-refractivity contribution in [2.75, 3.05) is 39.2 Å². The van der Waals surface area contributed by atoms with Crippen LogP contribution >= 0.6 is 0 Å². The quantitative estimate of drug-likeness (QED) is 0.458. The summed E-state index contributed by atoms with van der Waals surface area (Å²) >= 11 is 0. The van der Waals surface area contributed by atoms with Gasteiger partial charge >= 0.3 is 0 Å². The van der Waals surface area contributed by atoms with E-state index in [1.807, 2.05) is 37.3 Å². The lowest BCUT2D eigenvalue weighted by atomic mass is 10.1. The molecule has 0 aliphatic rings. The zero-order valence-electron chi connectivity index (χ0n) is 20.1. The van der Waals surface area contributed by atoms with E-state index in [9.17, 15) is 13.2 Å². The number of hydrogen-bond donors (Lipinski definition) is 0. The number of hydrogen-bond acceptors (Lipinski definition) is 5. The van der Waals surface area contributed by atoms with Gasteiger partial charge in [-0.25, -0.2) is 8.42 Å². The van der Waals surface area contributed by atoms with Gasteiger partial charge in [0.05, 0.1) is 24.8 Å². The van der Waals surface area contributed by atoms with Crippen molar-refractivity contribution in [3.8, 4) is 11.5 Å². The van der Waals surface area contributed by atoms with Crippen LogP contribution in [0, 0.1) is 6.92 Å². The van der Waals surface area contributed by atoms with E-state index >= 15 is 0 Å². The van der Waals surface area contributed by atoms with Gasteiger partial charge in [-0.1, -0.05) is 29.8 Å². The second-order valence-corrected chi connectivity index (χ2v) is 9.97. The average Bonchev–Trinajstić information content (AvgIpc) is 2.86. The maximum absolute atomic E-state index is 13.2. The molecule has 0 saturated carbocycles. The van der Waals surface area contributed by atoms with E-state index in [0.717, 1.165) is 11.1 Å². The molecule has 7 nitrogen and oxygen atoms in total. The first-order valence-corrected chi connectivity index (χ1v) is 12.2. The topological polar surface area (TPSA) is 76.2 Å². The lowest BCUT2D eigenvalue weighted by molar-refractivity contribution is 0.0796. The molecule has 0 aromatic heterocycles. The Kier molecular flexibility index (Phi) is 7.83. The van der Waals surface area contributed by atoms with Crippen LogP contribution in [-0.2, 0) is 16.4 Å². The average molecular weight is 483 g/mol. The number of likely N-dealkylation sites (N-methyl/N-ethyl adjacent to an activating group) is 1. The van der Waals surface area contributed by atoms with Gasteiger partial charge in [-0.3, -0.25) is 9.10 Å². The van der Waals surface area contributed by atoms with Gasteiger partial charge in [0.15, 0.2) is 11.5 Å². The van der Waals surface area contributed by atoms with Gasteiger partial charge in [-0.05, 0) is 61.4 Å². The monoisotopic (exact) mass is 482 g/mol. The van der Waals surface area contributed by atoms with Crippen molar-refractivity contribution >= 4 is 21.6 Å². The highest BCUT2D eigenvalue weighted by Gasteiger charge is 2.23. The summed E-state index contributed by atoms with van der Waals surface area (Å²) in [5.74, 6) is 1.02. The van der Waals surface area contributed by atoms with Crippen molar-refractivity contribution in [3.63, 3.8) is 0 Å². The minimum absolute atomic E-state index is 0.0646. The minimum Gasteiger partial charge on any atom is -0.493 e. The van der Waals surface area contributed by atoms with Gasteiger partial charge in [0.25, 0.3) is 15.9 Å². The molecule has 0 atom stereocenters. The Morgan fingerprint density at radius 2 is 1.56 bits per heavy atom. The van der Waals surface area contributed by atoms with Gasteiger partial charge in [-0.2, -0.15) is 0 Å². The van der Waals surface area contributed by atoms with Crippen LogP contribution in [0.1, 0.15) is 21.5 Å². The number of sulfonamides is 1. The summed E-state index contributed by atoms with van der Waals surface area (Å²) in [6.45, 7) is 2.39. The smallest absolute Gasteiger partial charge is 0.264 e. The second kappa shape index (κ2) is 10.6. The Bertz CT molecular complexity index is 1260. The fourth-order valence-electron chi connectivity index (χ4n) is 3.50. The van der Waals surface area contributed by atoms with E-state index in [1.165, 1.54) is 23.5 Å². The first-order valence-electron chi connectivity index (χ1n) is 10.8. The number of rotatable bonds is 9. The highest BCUT2D eigenvalue weighted by atomic mass is 32.2. The van der Waals surface area contributed by atoms with E-state index in [1.54, 1.807) is 50.4 Å². The van der Waals surface area contributed by atoms with Crippen molar-refractivity contribution in [2.45, 2.75) is 18.2 Å². The van der Waals surface area contributed by atoms with Crippen molar-refractivity contribution in [2.24, 2.45) is 0 Å². The molecule has 0 N–H and O–H groups in total. The number of amides is 1. The summed E-state index contributed by atoms with van der Waals surface area (Å²) < 4.78 is 38.1. The van der Waals surface area contributed by atoms with Crippen LogP contribution in [0.15, 0.2) is 71.6 Å². The summed E-state index contributed by atoms with van der Waals surface area (Å²) in [4.78, 5) is 14.7. The summed E-state index contributed by atoms with van der Waals surface area (Å²) in [7, 11) is 2.54. The Labute approximate surface area is 201 Å². The molecule has 0 aliphatic heterocycles. The Morgan fingerprint density at radius 1 is 0.882 bits per heavy atom. The molecule has 8 heteroatoms. The molecule has 34 heavy (non-hydrogen) atoms. The molecular formula is C26H30N2O5S. The van der Waals surface area contributed by atoms with Crippen LogP contribution < -0.4 is 13.8 Å². The third-order valence-corrected chi connectivity index (χ3v) is 7.45. The number of anilines is 1. The fraction of sp³-hybridized carbons (Fsp3) is 0.269. The Hall–Kier alpha value is -3.52. The number of carbonyl (C=O) groups excluding carboxylic acids is 1. The first kappa shape index (κ1) is 25.1. The highest BCUT2D eigenvalue weighted by molar-refractivity contribution is 7.92. The molecule has 0 unspecified atom stereocenters. The third-order valence-electron chi connectivity index (χ3n) is 5.67. The van der Waals surface area contributed by atoms with Crippen LogP contribution in [-0.4, -0.2) is 54.1 Å². The second-order valence-electron chi connectivity index (χ2n) is 8.00. The van der Waals surface area contributed by atoms with Crippen LogP contribution in [0.25, 0.3) is 0 Å². The van der Waals surface area contributed by atoms with Gasteiger partial charge in [-0.15, -0.1) is 0 Å². The summed E-state index contributed by atoms with van der Waals surface area (Å²) in [5.41, 5.74) is 2.90. The first-order chi connectivity index (χ1) is 16.2. The molecule has 0 spiro atoms. The van der Waals surface area contributed by atoms with E-state index in [-0.39, 0.29) is 10.8 Å². The van der Waals surface area contributed by atoms with Crippen LogP contribution in [0.2, 0.25) is 0 Å². The maximum Gasteiger partial charge on any atom is 0.264 e. The molecule has 0 bridgehead atoms. The lowest BCUT2D eigenvalue weighted by Gasteiger charge is -2.21. The van der Waals surface area contributed by atoms with Gasteiger partial charge in [0.2, 0.25) is 0 Å². The molecule has 3 rings (SSSR count). The van der Waals surface area contributed by atoms with Gasteiger partial charge in [0.1, 0.15) is 0 Å². The summed E-state index contributed by atoms with van der Waals surface area (Å²) in [5, 5.41) is 0. The standard InChI is InChI=1S/C26H30N2O5S/c1-19-9-12-22(13-10-19)28(3)34(30,31)23-8-6-7-21(18-23)26(29)27(2)16-15-20-11-14-24(32-4)25(17-20)33-5/h6-14,17-18H,15-16H2,1-5H3. The normalized spacial score (nSPS) is 11.1. The summed E-state index contributed by atoms with van der Waals surface area (Å²) in [6, 6.07) is 19.0. The highest BCUT2D eigenvalue weighted by Crippen LogP contribution is 2.28. The lowest BCUT2D eigenvalue weighted by Crippen LogP contribution is -2.30. The number of ether oxygens (including phenoxy) is 2. The zero-order chi connectivity index (χ0) is 24.9. The summed E-state index contributed by atoms with van der Waals surface area (Å²) in [6.07, 6.45) is 0.608. The van der Waals surface area contributed by atoms with Gasteiger partial charge in [0, 0.05) is 26.2 Å². The van der Waals surface area contributed by atoms with E-state index in [0.29, 0.717) is 35.7 Å². The number of benzene rings is 3. The number of carbonyl (C=O) groups is 1. The minimum atomic E-state index is -3.82.